The van der Waals surface area contributed by atoms with Gasteiger partial charge in [0.1, 0.15) is 16.8 Å². The van der Waals surface area contributed by atoms with Gasteiger partial charge in [0, 0.05) is 0 Å². The highest BCUT2D eigenvalue weighted by molar-refractivity contribution is 8.00. The molecule has 1 aromatic carbocycles. The molecule has 0 bridgehead atoms. The highest BCUT2D eigenvalue weighted by Crippen LogP contribution is 2.32. The van der Waals surface area contributed by atoms with Gasteiger partial charge in [-0.15, -0.1) is 11.3 Å². The van der Waals surface area contributed by atoms with Crippen LogP contribution < -0.4 is 5.32 Å². The monoisotopic (exact) mass is 384 g/mol. The molecule has 0 aliphatic rings. The van der Waals surface area contributed by atoms with Crippen molar-refractivity contribution in [2.45, 2.75) is 23.7 Å². The first kappa shape index (κ1) is 16.9. The lowest BCUT2D eigenvalue weighted by Gasteiger charge is -2.10. The first-order valence-electron chi connectivity index (χ1n) is 8.01. The van der Waals surface area contributed by atoms with Gasteiger partial charge in [-0.25, -0.2) is 15.0 Å². The second-order valence-corrected chi connectivity index (χ2v) is 7.69. The molecule has 0 saturated carbocycles. The molecule has 1 atom stereocenters. The fourth-order valence-electron chi connectivity index (χ4n) is 2.48. The van der Waals surface area contributed by atoms with Crippen LogP contribution in [-0.4, -0.2) is 31.3 Å². The Balaban J connectivity index is 1.52. The molecule has 7 nitrogen and oxygen atoms in total. The van der Waals surface area contributed by atoms with Gasteiger partial charge in [0.2, 0.25) is 5.89 Å². The second-order valence-electron chi connectivity index (χ2n) is 5.63. The van der Waals surface area contributed by atoms with Gasteiger partial charge in [0.15, 0.2) is 15.8 Å². The van der Waals surface area contributed by atoms with E-state index in [0.29, 0.717) is 23.8 Å². The lowest BCUT2D eigenvalue weighted by atomic mass is 10.1. The molecule has 0 amide bonds. The fraction of sp³-hybridized carbons (Fsp3) is 0.235. The van der Waals surface area contributed by atoms with Crippen molar-refractivity contribution in [1.29, 1.82) is 0 Å². The molecule has 0 fully saturated rings. The number of thioether (sulfide) groups is 1. The Bertz CT molecular complexity index is 1020. The normalized spacial score (nSPS) is 12.4. The van der Waals surface area contributed by atoms with Crippen LogP contribution in [0.2, 0.25) is 0 Å². The summed E-state index contributed by atoms with van der Waals surface area (Å²) < 4.78 is 7.28. The average molecular weight is 384 g/mol. The van der Waals surface area contributed by atoms with Gasteiger partial charge in [-0.2, -0.15) is 4.98 Å². The van der Waals surface area contributed by atoms with Crippen LogP contribution in [0.1, 0.15) is 30.2 Å². The van der Waals surface area contributed by atoms with Crippen LogP contribution in [0.5, 0.6) is 0 Å². The highest BCUT2D eigenvalue weighted by Gasteiger charge is 2.17. The highest BCUT2D eigenvalue weighted by atomic mass is 32.2. The molecule has 132 valence electrons. The summed E-state index contributed by atoms with van der Waals surface area (Å²) in [7, 11) is 0. The van der Waals surface area contributed by atoms with Gasteiger partial charge in [-0.3, -0.25) is 0 Å². The summed E-state index contributed by atoms with van der Waals surface area (Å²) >= 11 is 3.16. The van der Waals surface area contributed by atoms with E-state index in [1.807, 2.05) is 43.5 Å². The molecule has 1 N–H and O–H groups in total. The number of nitrogens with one attached hydrogen (secondary N) is 1. The number of hydrogen-bond donors (Lipinski definition) is 1. The van der Waals surface area contributed by atoms with Crippen molar-refractivity contribution in [2.75, 3.05) is 11.6 Å². The maximum Gasteiger partial charge on any atom is 0.231 e. The summed E-state index contributed by atoms with van der Waals surface area (Å²) in [5.41, 5.74) is 1.83. The number of rotatable bonds is 6. The molecule has 1 unspecified atom stereocenters. The lowest BCUT2D eigenvalue weighted by Crippen LogP contribution is -2.10. The van der Waals surface area contributed by atoms with Gasteiger partial charge < -0.3 is 9.84 Å². The molecule has 0 aliphatic carbocycles. The SMILES string of the molecule is CSc1nc2ncnc(NC(C)c3noc(Cc4ccccc4)n3)c2s1. The lowest BCUT2D eigenvalue weighted by molar-refractivity contribution is 0.377. The van der Waals surface area contributed by atoms with Crippen LogP contribution in [0.4, 0.5) is 5.82 Å². The molecule has 0 saturated heterocycles. The van der Waals surface area contributed by atoms with Crippen LogP contribution in [0.15, 0.2) is 45.5 Å². The first-order chi connectivity index (χ1) is 12.7. The molecule has 0 spiro atoms. The topological polar surface area (TPSA) is 89.6 Å². The van der Waals surface area contributed by atoms with Crippen molar-refractivity contribution in [1.82, 2.24) is 25.1 Å². The largest absolute Gasteiger partial charge is 0.359 e. The molecular weight excluding hydrogens is 368 g/mol. The zero-order chi connectivity index (χ0) is 17.9. The fourth-order valence-corrected chi connectivity index (χ4v) is 3.95. The Labute approximate surface area is 158 Å². The standard InChI is InChI=1S/C17H16N6OS2/c1-10(14-21-12(24-23-14)8-11-6-4-3-5-7-11)20-15-13-16(19-9-18-15)22-17(25-2)26-13/h3-7,9-10H,8H2,1-2H3,(H,18,19,20). The Morgan fingerprint density at radius 3 is 2.85 bits per heavy atom. The van der Waals surface area contributed by atoms with E-state index in [2.05, 4.69) is 30.4 Å². The van der Waals surface area contributed by atoms with Crippen molar-refractivity contribution in [3.8, 4) is 0 Å². The molecule has 9 heteroatoms. The van der Waals surface area contributed by atoms with E-state index in [-0.39, 0.29) is 6.04 Å². The van der Waals surface area contributed by atoms with Crippen LogP contribution in [0, 0.1) is 0 Å². The van der Waals surface area contributed by atoms with Crippen molar-refractivity contribution in [3.63, 3.8) is 0 Å². The minimum Gasteiger partial charge on any atom is -0.359 e. The smallest absolute Gasteiger partial charge is 0.231 e. The summed E-state index contributed by atoms with van der Waals surface area (Å²) in [5.74, 6) is 1.92. The summed E-state index contributed by atoms with van der Waals surface area (Å²) in [5, 5.41) is 7.44. The van der Waals surface area contributed by atoms with Crippen LogP contribution in [0.25, 0.3) is 10.3 Å². The van der Waals surface area contributed by atoms with Crippen molar-refractivity contribution in [3.05, 3.63) is 53.9 Å². The van der Waals surface area contributed by atoms with E-state index in [4.69, 9.17) is 4.52 Å². The molecule has 26 heavy (non-hydrogen) atoms. The van der Waals surface area contributed by atoms with E-state index in [1.54, 1.807) is 23.1 Å². The third-order valence-corrected chi connectivity index (χ3v) is 5.81. The maximum atomic E-state index is 5.39. The first-order valence-corrected chi connectivity index (χ1v) is 10.1. The van der Waals surface area contributed by atoms with E-state index < -0.39 is 0 Å². The van der Waals surface area contributed by atoms with Gasteiger partial charge in [-0.05, 0) is 18.7 Å². The second kappa shape index (κ2) is 7.38. The van der Waals surface area contributed by atoms with Crippen molar-refractivity contribution in [2.24, 2.45) is 0 Å². The number of fused-ring (bicyclic) bond motifs is 1. The molecule has 3 heterocycles. The summed E-state index contributed by atoms with van der Waals surface area (Å²) in [6, 6.07) is 9.90. The Morgan fingerprint density at radius 2 is 2.04 bits per heavy atom. The van der Waals surface area contributed by atoms with Crippen LogP contribution in [0.3, 0.4) is 0 Å². The number of hydrogen-bond acceptors (Lipinski definition) is 9. The predicted molar refractivity (Wildman–Crippen MR) is 103 cm³/mol. The zero-order valence-corrected chi connectivity index (χ0v) is 15.8. The van der Waals surface area contributed by atoms with E-state index in [0.717, 1.165) is 20.4 Å². The number of benzene rings is 1. The quantitative estimate of drug-likeness (QED) is 0.500. The van der Waals surface area contributed by atoms with Crippen molar-refractivity contribution >= 4 is 39.3 Å². The van der Waals surface area contributed by atoms with Crippen LogP contribution in [-0.2, 0) is 6.42 Å². The number of thiazole rings is 1. The number of aromatic nitrogens is 5. The molecule has 4 rings (SSSR count). The van der Waals surface area contributed by atoms with Gasteiger partial charge in [0.25, 0.3) is 0 Å². The predicted octanol–water partition coefficient (Wildman–Crippen LogP) is 3.96. The molecule has 3 aromatic heterocycles. The molecule has 0 radical (unpaired) electrons. The minimum absolute atomic E-state index is 0.152. The maximum absolute atomic E-state index is 5.39. The van der Waals surface area contributed by atoms with Crippen LogP contribution >= 0.6 is 23.1 Å². The molecular formula is C17H16N6OS2. The summed E-state index contributed by atoms with van der Waals surface area (Å²) in [6.45, 7) is 1.97. The Hall–Kier alpha value is -2.52. The van der Waals surface area contributed by atoms with Crippen molar-refractivity contribution < 1.29 is 4.52 Å². The van der Waals surface area contributed by atoms with E-state index >= 15 is 0 Å². The minimum atomic E-state index is -0.152. The van der Waals surface area contributed by atoms with Gasteiger partial charge >= 0.3 is 0 Å². The average Bonchev–Trinajstić information content (AvgIpc) is 3.30. The third kappa shape index (κ3) is 3.54. The Kier molecular flexibility index (Phi) is 4.81. The van der Waals surface area contributed by atoms with E-state index in [1.165, 1.54) is 6.33 Å². The van der Waals surface area contributed by atoms with E-state index in [9.17, 15) is 0 Å². The zero-order valence-electron chi connectivity index (χ0n) is 14.2. The van der Waals surface area contributed by atoms with Gasteiger partial charge in [-0.1, -0.05) is 47.3 Å². The van der Waals surface area contributed by atoms with Gasteiger partial charge in [0.05, 0.1) is 12.5 Å². The summed E-state index contributed by atoms with van der Waals surface area (Å²) in [4.78, 5) is 17.5. The third-order valence-electron chi connectivity index (χ3n) is 3.77. The molecule has 4 aromatic rings. The summed E-state index contributed by atoms with van der Waals surface area (Å²) in [6.07, 6.45) is 4.12. The number of anilines is 1. The number of nitrogens with zero attached hydrogens (tertiary/aromatic N) is 5. The Morgan fingerprint density at radius 1 is 1.19 bits per heavy atom. The molecule has 0 aliphatic heterocycles.